The van der Waals surface area contributed by atoms with Gasteiger partial charge < -0.3 is 14.8 Å². The molecule has 2 heterocycles. The van der Waals surface area contributed by atoms with Gasteiger partial charge in [-0.3, -0.25) is 14.4 Å². The molecule has 0 unspecified atom stereocenters. The zero-order chi connectivity index (χ0) is 24.6. The number of hydrogen-bond donors (Lipinski definition) is 1. The lowest BCUT2D eigenvalue weighted by Gasteiger charge is -2.32. The van der Waals surface area contributed by atoms with Crippen LogP contribution in [0.4, 0.5) is 0 Å². The molecule has 182 valence electrons. The molecule has 1 aliphatic rings. The molecule has 0 bridgehead atoms. The largest absolute Gasteiger partial charge is 0.352 e. The van der Waals surface area contributed by atoms with E-state index in [9.17, 15) is 14.4 Å². The molecule has 3 aromatic rings. The van der Waals surface area contributed by atoms with Crippen molar-refractivity contribution >= 4 is 11.8 Å². The Kier molecular flexibility index (Phi) is 8.14. The lowest BCUT2D eigenvalue weighted by molar-refractivity contribution is 0.0688. The first-order valence-corrected chi connectivity index (χ1v) is 12.4. The number of carbonyl (C=O) groups is 2. The maximum Gasteiger partial charge on any atom is 0.259 e. The summed E-state index contributed by atoms with van der Waals surface area (Å²) < 4.78 is 1.80. The molecule has 0 aliphatic carbocycles. The number of benzene rings is 2. The first kappa shape index (κ1) is 24.5. The molecule has 2 amide bonds. The van der Waals surface area contributed by atoms with E-state index in [0.29, 0.717) is 32.1 Å². The number of nitrogens with zero attached hydrogens (tertiary/aromatic N) is 2. The van der Waals surface area contributed by atoms with Gasteiger partial charge in [-0.15, -0.1) is 0 Å². The monoisotopic (exact) mass is 471 g/mol. The molecule has 35 heavy (non-hydrogen) atoms. The summed E-state index contributed by atoms with van der Waals surface area (Å²) in [7, 11) is 0. The molecule has 6 heteroatoms. The summed E-state index contributed by atoms with van der Waals surface area (Å²) in [6.07, 6.45) is 6.72. The van der Waals surface area contributed by atoms with Gasteiger partial charge in [0, 0.05) is 38.6 Å². The highest BCUT2D eigenvalue weighted by atomic mass is 16.2. The van der Waals surface area contributed by atoms with E-state index in [-0.39, 0.29) is 17.0 Å². The van der Waals surface area contributed by atoms with E-state index in [4.69, 9.17) is 0 Å². The van der Waals surface area contributed by atoms with Gasteiger partial charge in [-0.25, -0.2) is 0 Å². The Morgan fingerprint density at radius 1 is 0.886 bits per heavy atom. The smallest absolute Gasteiger partial charge is 0.259 e. The van der Waals surface area contributed by atoms with Gasteiger partial charge in [0.2, 0.25) is 5.43 Å². The van der Waals surface area contributed by atoms with Crippen LogP contribution >= 0.6 is 0 Å². The van der Waals surface area contributed by atoms with E-state index in [0.717, 1.165) is 31.2 Å². The van der Waals surface area contributed by atoms with Crippen LogP contribution in [0, 0.1) is 5.92 Å². The van der Waals surface area contributed by atoms with E-state index in [1.165, 1.54) is 5.56 Å². The van der Waals surface area contributed by atoms with Crippen LogP contribution in [0.3, 0.4) is 0 Å². The zero-order valence-electron chi connectivity index (χ0n) is 20.3. The van der Waals surface area contributed by atoms with E-state index in [1.807, 2.05) is 36.4 Å². The second-order valence-corrected chi connectivity index (χ2v) is 9.17. The molecule has 2 aromatic carbocycles. The Morgan fingerprint density at radius 2 is 1.49 bits per heavy atom. The maximum atomic E-state index is 13.4. The van der Waals surface area contributed by atoms with Crippen LogP contribution in [0.5, 0.6) is 0 Å². The van der Waals surface area contributed by atoms with Gasteiger partial charge in [0.25, 0.3) is 11.8 Å². The first-order chi connectivity index (χ1) is 17.0. The number of aromatic nitrogens is 1. The summed E-state index contributed by atoms with van der Waals surface area (Å²) in [6, 6.07) is 20.4. The van der Waals surface area contributed by atoms with Gasteiger partial charge in [-0.05, 0) is 49.7 Å². The summed E-state index contributed by atoms with van der Waals surface area (Å²) in [6.45, 7) is 4.02. The van der Waals surface area contributed by atoms with Crippen LogP contribution in [0.15, 0.2) is 77.9 Å². The van der Waals surface area contributed by atoms with Crippen LogP contribution in [-0.4, -0.2) is 40.9 Å². The fourth-order valence-electron chi connectivity index (χ4n) is 4.69. The van der Waals surface area contributed by atoms with Gasteiger partial charge in [0.1, 0.15) is 11.1 Å². The minimum absolute atomic E-state index is 0.0183. The lowest BCUT2D eigenvalue weighted by Crippen LogP contribution is -2.42. The number of piperidine rings is 1. The standard InChI is InChI=1S/C29H33N3O3/c1-2-30-28(34)25-20-31(16-13-22-9-5-3-6-10-22)21-26(27(25)33)29(35)32-17-14-24(15-18-32)19-23-11-7-4-8-12-23/h3-12,20-21,24H,2,13-19H2,1H3,(H,30,34). The summed E-state index contributed by atoms with van der Waals surface area (Å²) in [5.74, 6) is -0.208. The molecule has 1 aromatic heterocycles. The summed E-state index contributed by atoms with van der Waals surface area (Å²) in [5.41, 5.74) is 2.06. The highest BCUT2D eigenvalue weighted by Crippen LogP contribution is 2.22. The number of pyridine rings is 1. The van der Waals surface area contributed by atoms with Crippen LogP contribution in [0.1, 0.15) is 51.6 Å². The van der Waals surface area contributed by atoms with Crippen molar-refractivity contribution in [2.75, 3.05) is 19.6 Å². The van der Waals surface area contributed by atoms with Crippen LogP contribution in [0.2, 0.25) is 0 Å². The molecule has 0 radical (unpaired) electrons. The normalized spacial score (nSPS) is 14.0. The van der Waals surface area contributed by atoms with E-state index in [1.54, 1.807) is 28.8 Å². The predicted molar refractivity (Wildman–Crippen MR) is 138 cm³/mol. The number of rotatable bonds is 8. The molecule has 1 N–H and O–H groups in total. The number of amides is 2. The van der Waals surface area contributed by atoms with Crippen molar-refractivity contribution in [3.63, 3.8) is 0 Å². The molecular weight excluding hydrogens is 438 g/mol. The molecule has 1 fully saturated rings. The third-order valence-corrected chi connectivity index (χ3v) is 6.66. The van der Waals surface area contributed by atoms with Crippen molar-refractivity contribution in [2.45, 2.75) is 39.2 Å². The van der Waals surface area contributed by atoms with Crippen LogP contribution in [-0.2, 0) is 19.4 Å². The minimum Gasteiger partial charge on any atom is -0.352 e. The average molecular weight is 472 g/mol. The average Bonchev–Trinajstić information content (AvgIpc) is 2.89. The Labute approximate surface area is 206 Å². The Balaban J connectivity index is 1.50. The van der Waals surface area contributed by atoms with Gasteiger partial charge in [0.05, 0.1) is 0 Å². The third kappa shape index (κ3) is 6.27. The Hall–Kier alpha value is -3.67. The molecule has 1 saturated heterocycles. The number of carbonyl (C=O) groups excluding carboxylic acids is 2. The molecule has 0 atom stereocenters. The molecule has 0 saturated carbocycles. The van der Waals surface area contributed by atoms with Crippen LogP contribution in [0.25, 0.3) is 0 Å². The highest BCUT2D eigenvalue weighted by Gasteiger charge is 2.27. The molecule has 0 spiro atoms. The number of likely N-dealkylation sites (tertiary alicyclic amines) is 1. The van der Waals surface area contributed by atoms with Gasteiger partial charge in [-0.2, -0.15) is 0 Å². The van der Waals surface area contributed by atoms with Crippen LogP contribution < -0.4 is 10.7 Å². The van der Waals surface area contributed by atoms with Crippen molar-refractivity contribution in [3.8, 4) is 0 Å². The lowest BCUT2D eigenvalue weighted by atomic mass is 9.90. The predicted octanol–water partition coefficient (Wildman–Crippen LogP) is 3.94. The second kappa shape index (κ2) is 11.6. The third-order valence-electron chi connectivity index (χ3n) is 6.66. The van der Waals surface area contributed by atoms with Crippen molar-refractivity contribution < 1.29 is 9.59 Å². The second-order valence-electron chi connectivity index (χ2n) is 9.17. The maximum absolute atomic E-state index is 13.4. The Morgan fingerprint density at radius 3 is 2.11 bits per heavy atom. The summed E-state index contributed by atoms with van der Waals surface area (Å²) in [5, 5.41) is 2.70. The molecule has 4 rings (SSSR count). The molecule has 6 nitrogen and oxygen atoms in total. The van der Waals surface area contributed by atoms with Crippen molar-refractivity contribution in [2.24, 2.45) is 5.92 Å². The first-order valence-electron chi connectivity index (χ1n) is 12.4. The molecular formula is C29H33N3O3. The summed E-state index contributed by atoms with van der Waals surface area (Å²) in [4.78, 5) is 41.0. The fraction of sp³-hybridized carbons (Fsp3) is 0.345. The van der Waals surface area contributed by atoms with Crippen molar-refractivity contribution in [1.29, 1.82) is 0 Å². The SMILES string of the molecule is CCNC(=O)c1cn(CCc2ccccc2)cc(C(=O)N2CCC(Cc3ccccc3)CC2)c1=O. The van der Waals surface area contributed by atoms with Crippen molar-refractivity contribution in [3.05, 3.63) is 106 Å². The van der Waals surface area contributed by atoms with Gasteiger partial charge in [-0.1, -0.05) is 60.7 Å². The highest BCUT2D eigenvalue weighted by molar-refractivity contribution is 5.99. The quantitative estimate of drug-likeness (QED) is 0.541. The number of hydrogen-bond acceptors (Lipinski definition) is 3. The van der Waals surface area contributed by atoms with E-state index < -0.39 is 11.3 Å². The summed E-state index contributed by atoms with van der Waals surface area (Å²) >= 11 is 0. The number of aryl methyl sites for hydroxylation is 2. The minimum atomic E-state index is -0.497. The number of nitrogens with one attached hydrogen (secondary N) is 1. The van der Waals surface area contributed by atoms with E-state index >= 15 is 0 Å². The molecule has 1 aliphatic heterocycles. The topological polar surface area (TPSA) is 71.4 Å². The fourth-order valence-corrected chi connectivity index (χ4v) is 4.69. The Bertz CT molecular complexity index is 1200. The zero-order valence-corrected chi connectivity index (χ0v) is 20.3. The van der Waals surface area contributed by atoms with E-state index in [2.05, 4.69) is 29.6 Å². The van der Waals surface area contributed by atoms with Crippen molar-refractivity contribution in [1.82, 2.24) is 14.8 Å². The van der Waals surface area contributed by atoms with Gasteiger partial charge >= 0.3 is 0 Å². The van der Waals surface area contributed by atoms with Gasteiger partial charge in [0.15, 0.2) is 0 Å².